The predicted molar refractivity (Wildman–Crippen MR) is 182 cm³/mol. The average molecular weight is 574 g/mol. The van der Waals surface area contributed by atoms with Crippen LogP contribution in [0.2, 0.25) is 0 Å². The van der Waals surface area contributed by atoms with E-state index in [2.05, 4.69) is 71.9 Å². The van der Waals surface area contributed by atoms with Crippen molar-refractivity contribution in [1.29, 1.82) is 5.26 Å². The molecule has 2 rings (SSSR count). The van der Waals surface area contributed by atoms with Crippen LogP contribution < -0.4 is 9.47 Å². The molecule has 0 spiro atoms. The van der Waals surface area contributed by atoms with Gasteiger partial charge in [-0.05, 0) is 92.6 Å². The molecule has 42 heavy (non-hydrogen) atoms. The van der Waals surface area contributed by atoms with Crippen LogP contribution in [-0.2, 0) is 0 Å². The lowest BCUT2D eigenvalue weighted by atomic mass is 9.96. The number of hydrogen-bond donors (Lipinski definition) is 0. The van der Waals surface area contributed by atoms with E-state index in [-0.39, 0.29) is 0 Å². The van der Waals surface area contributed by atoms with Gasteiger partial charge >= 0.3 is 0 Å². The molecule has 0 amide bonds. The molecule has 3 heteroatoms. The first-order chi connectivity index (χ1) is 20.4. The highest BCUT2D eigenvalue weighted by atomic mass is 16.5. The molecule has 0 heterocycles. The maximum absolute atomic E-state index is 10.3. The van der Waals surface area contributed by atoms with Gasteiger partial charge in [-0.1, -0.05) is 110 Å². The number of benzene rings is 2. The summed E-state index contributed by atoms with van der Waals surface area (Å²) in [6.45, 7) is 14.4. The van der Waals surface area contributed by atoms with Crippen molar-refractivity contribution in [2.45, 2.75) is 144 Å². The molecule has 0 fully saturated rings. The van der Waals surface area contributed by atoms with Crippen molar-refractivity contribution >= 4 is 11.6 Å². The first-order valence-corrected chi connectivity index (χ1v) is 17.0. The van der Waals surface area contributed by atoms with Gasteiger partial charge in [0.05, 0.1) is 24.9 Å². The zero-order valence-electron chi connectivity index (χ0n) is 27.9. The van der Waals surface area contributed by atoms with Crippen LogP contribution in [-0.4, -0.2) is 13.2 Å². The van der Waals surface area contributed by atoms with Gasteiger partial charge < -0.3 is 9.47 Å². The van der Waals surface area contributed by atoms with Crippen molar-refractivity contribution in [3.63, 3.8) is 0 Å². The lowest BCUT2D eigenvalue weighted by Crippen LogP contribution is -2.02. The van der Waals surface area contributed by atoms with Crippen LogP contribution >= 0.6 is 0 Å². The Balaban J connectivity index is 2.05. The number of nitriles is 1. The largest absolute Gasteiger partial charge is 0.493 e. The molecule has 2 aromatic carbocycles. The van der Waals surface area contributed by atoms with Gasteiger partial charge in [-0.25, -0.2) is 0 Å². The van der Waals surface area contributed by atoms with Gasteiger partial charge in [0.25, 0.3) is 0 Å². The van der Waals surface area contributed by atoms with E-state index in [1.807, 2.05) is 6.08 Å². The van der Waals surface area contributed by atoms with E-state index in [9.17, 15) is 5.26 Å². The summed E-state index contributed by atoms with van der Waals surface area (Å²) in [4.78, 5) is 0. The summed E-state index contributed by atoms with van der Waals surface area (Å²) in [7, 11) is 0. The Morgan fingerprint density at radius 2 is 1.05 bits per heavy atom. The summed E-state index contributed by atoms with van der Waals surface area (Å²) in [5.41, 5.74) is 7.17. The van der Waals surface area contributed by atoms with Crippen LogP contribution in [0.15, 0.2) is 24.3 Å². The minimum Gasteiger partial charge on any atom is -0.493 e. The SMILES string of the molecule is CCCCCCCCCCOc1cc(/C=C(\C#N)c2cc(C)c(C)cc2OCCCCCCCCCC)c(C)cc1C. The molecule has 0 aliphatic heterocycles. The van der Waals surface area contributed by atoms with Gasteiger partial charge in [0, 0.05) is 5.56 Å². The number of rotatable bonds is 22. The number of ether oxygens (including phenoxy) is 2. The molecule has 0 unspecified atom stereocenters. The normalized spacial score (nSPS) is 11.5. The Morgan fingerprint density at radius 1 is 0.571 bits per heavy atom. The van der Waals surface area contributed by atoms with Crippen LogP contribution in [0.25, 0.3) is 11.6 Å². The molecule has 0 saturated heterocycles. The predicted octanol–water partition coefficient (Wildman–Crippen LogP) is 12.0. The van der Waals surface area contributed by atoms with Crippen molar-refractivity contribution < 1.29 is 9.47 Å². The highest BCUT2D eigenvalue weighted by Crippen LogP contribution is 2.33. The van der Waals surface area contributed by atoms with Gasteiger partial charge in [-0.2, -0.15) is 5.26 Å². The van der Waals surface area contributed by atoms with E-state index in [0.717, 1.165) is 53.2 Å². The smallest absolute Gasteiger partial charge is 0.128 e. The van der Waals surface area contributed by atoms with Crippen LogP contribution in [0.3, 0.4) is 0 Å². The molecular weight excluding hydrogens is 514 g/mol. The van der Waals surface area contributed by atoms with Crippen LogP contribution in [0.5, 0.6) is 11.5 Å². The van der Waals surface area contributed by atoms with E-state index in [1.165, 1.54) is 101 Å². The molecule has 0 N–H and O–H groups in total. The first kappa shape index (κ1) is 35.5. The lowest BCUT2D eigenvalue weighted by Gasteiger charge is -2.15. The minimum absolute atomic E-state index is 0.630. The third-order valence-electron chi connectivity index (χ3n) is 8.38. The van der Waals surface area contributed by atoms with Crippen molar-refractivity contribution in [3.05, 3.63) is 57.6 Å². The summed E-state index contributed by atoms with van der Waals surface area (Å²) < 4.78 is 12.5. The third-order valence-corrected chi connectivity index (χ3v) is 8.38. The summed E-state index contributed by atoms with van der Waals surface area (Å²) in [5.74, 6) is 1.73. The molecule has 232 valence electrons. The molecular formula is C39H59NO2. The number of nitrogens with zero attached hydrogens (tertiary/aromatic N) is 1. The van der Waals surface area contributed by atoms with Crippen molar-refractivity contribution in [1.82, 2.24) is 0 Å². The van der Waals surface area contributed by atoms with E-state index < -0.39 is 0 Å². The van der Waals surface area contributed by atoms with Crippen LogP contribution in [0, 0.1) is 39.0 Å². The Bertz CT molecular complexity index is 1120. The zero-order chi connectivity index (χ0) is 30.6. The van der Waals surface area contributed by atoms with Crippen LogP contribution in [0.4, 0.5) is 0 Å². The number of unbranched alkanes of at least 4 members (excludes halogenated alkanes) is 14. The van der Waals surface area contributed by atoms with Gasteiger partial charge in [0.1, 0.15) is 11.5 Å². The summed E-state index contributed by atoms with van der Waals surface area (Å²) in [5, 5.41) is 10.3. The van der Waals surface area contributed by atoms with Crippen molar-refractivity contribution in [2.75, 3.05) is 13.2 Å². The molecule has 0 radical (unpaired) electrons. The number of allylic oxidation sites excluding steroid dienone is 1. The van der Waals surface area contributed by atoms with E-state index >= 15 is 0 Å². The first-order valence-electron chi connectivity index (χ1n) is 17.0. The highest BCUT2D eigenvalue weighted by molar-refractivity contribution is 5.92. The zero-order valence-corrected chi connectivity index (χ0v) is 27.9. The van der Waals surface area contributed by atoms with E-state index in [0.29, 0.717) is 12.2 Å². The van der Waals surface area contributed by atoms with Gasteiger partial charge in [0.15, 0.2) is 0 Å². The van der Waals surface area contributed by atoms with Gasteiger partial charge in [0.2, 0.25) is 0 Å². The fourth-order valence-electron chi connectivity index (χ4n) is 5.44. The Morgan fingerprint density at radius 3 is 1.57 bits per heavy atom. The Hall–Kier alpha value is -2.73. The molecule has 2 aromatic rings. The van der Waals surface area contributed by atoms with E-state index in [1.54, 1.807) is 0 Å². The topological polar surface area (TPSA) is 42.2 Å². The van der Waals surface area contributed by atoms with Crippen LogP contribution in [0.1, 0.15) is 150 Å². The molecule has 0 aliphatic carbocycles. The minimum atomic E-state index is 0.630. The molecule has 0 aliphatic rings. The summed E-state index contributed by atoms with van der Waals surface area (Å²) in [6, 6.07) is 11.0. The second-order valence-electron chi connectivity index (χ2n) is 12.2. The number of hydrogen-bond acceptors (Lipinski definition) is 3. The number of aryl methyl sites for hydroxylation is 4. The lowest BCUT2D eigenvalue weighted by molar-refractivity contribution is 0.302. The second-order valence-corrected chi connectivity index (χ2v) is 12.2. The summed E-state index contributed by atoms with van der Waals surface area (Å²) in [6.07, 6.45) is 22.5. The van der Waals surface area contributed by atoms with E-state index in [4.69, 9.17) is 9.47 Å². The Labute approximate surface area is 258 Å². The standard InChI is InChI=1S/C39H59NO2/c1-7-9-11-13-15-17-19-21-23-41-38-29-35(33(5)25-34(38)6)28-36(30-40)37-26-31(3)32(4)27-39(37)42-24-22-20-18-16-14-12-10-8-2/h25-29H,7-24H2,1-6H3/b36-28+. The van der Waals surface area contributed by atoms with Gasteiger partial charge in [-0.3, -0.25) is 0 Å². The maximum Gasteiger partial charge on any atom is 0.128 e. The Kier molecular flexibility index (Phi) is 17.8. The fraction of sp³-hybridized carbons (Fsp3) is 0.615. The van der Waals surface area contributed by atoms with Crippen molar-refractivity contribution in [3.8, 4) is 17.6 Å². The highest BCUT2D eigenvalue weighted by Gasteiger charge is 2.14. The van der Waals surface area contributed by atoms with Gasteiger partial charge in [-0.15, -0.1) is 0 Å². The average Bonchev–Trinajstić information content (AvgIpc) is 2.97. The molecule has 0 bridgehead atoms. The molecule has 0 aromatic heterocycles. The summed E-state index contributed by atoms with van der Waals surface area (Å²) >= 11 is 0. The quantitative estimate of drug-likeness (QED) is 0.0799. The molecule has 0 atom stereocenters. The second kappa shape index (κ2) is 21.0. The van der Waals surface area contributed by atoms with Crippen molar-refractivity contribution in [2.24, 2.45) is 0 Å². The molecule has 0 saturated carbocycles. The molecule has 3 nitrogen and oxygen atoms in total. The monoisotopic (exact) mass is 573 g/mol. The third kappa shape index (κ3) is 13.1. The fourth-order valence-corrected chi connectivity index (χ4v) is 5.44. The maximum atomic E-state index is 10.3.